The first-order valence-corrected chi connectivity index (χ1v) is 4.33. The number of unbranched alkanes of at least 4 members (excludes halogenated alkanes) is 1. The highest BCUT2D eigenvalue weighted by Gasteiger charge is 1.91. The maximum atomic E-state index is 5.65. The summed E-state index contributed by atoms with van der Waals surface area (Å²) in [5, 5.41) is 0.920. The summed E-state index contributed by atoms with van der Waals surface area (Å²) >= 11 is 5.65. The van der Waals surface area contributed by atoms with Gasteiger partial charge in [-0.15, -0.1) is 0 Å². The fourth-order valence-corrected chi connectivity index (χ4v) is 0.936. The van der Waals surface area contributed by atoms with Gasteiger partial charge in [-0.3, -0.25) is 0 Å². The quantitative estimate of drug-likeness (QED) is 0.547. The average Bonchev–Trinajstić information content (AvgIpc) is 1.79. The lowest BCUT2D eigenvalue weighted by Gasteiger charge is -2.00. The lowest BCUT2D eigenvalue weighted by Crippen LogP contribution is -1.85. The predicted molar refractivity (Wildman–Crippen MR) is 48.3 cm³/mol. The van der Waals surface area contributed by atoms with Crippen LogP contribution in [0.15, 0.2) is 11.1 Å². The van der Waals surface area contributed by atoms with Crippen LogP contribution in [0.5, 0.6) is 0 Å². The van der Waals surface area contributed by atoms with Crippen LogP contribution in [-0.2, 0) is 0 Å². The third kappa shape index (κ3) is 8.03. The highest BCUT2D eigenvalue weighted by Crippen LogP contribution is 2.08. The van der Waals surface area contributed by atoms with E-state index in [9.17, 15) is 0 Å². The molecule has 1 heteroatoms. The highest BCUT2D eigenvalue weighted by atomic mass is 35.5. The zero-order valence-electron chi connectivity index (χ0n) is 7.15. The number of hydrogen-bond acceptors (Lipinski definition) is 0. The fourth-order valence-electron chi connectivity index (χ4n) is 0.827. The van der Waals surface area contributed by atoms with E-state index in [0.29, 0.717) is 0 Å². The van der Waals surface area contributed by atoms with Crippen LogP contribution in [0.25, 0.3) is 0 Å². The summed E-state index contributed by atoms with van der Waals surface area (Å²) in [6.07, 6.45) is 5.79. The van der Waals surface area contributed by atoms with Gasteiger partial charge in [0.1, 0.15) is 0 Å². The van der Waals surface area contributed by atoms with Gasteiger partial charge in [0.25, 0.3) is 0 Å². The van der Waals surface area contributed by atoms with E-state index < -0.39 is 0 Å². The third-order valence-electron chi connectivity index (χ3n) is 1.41. The minimum atomic E-state index is 0.823. The van der Waals surface area contributed by atoms with Gasteiger partial charge in [-0.25, -0.2) is 0 Å². The Labute approximate surface area is 69.3 Å². The molecule has 0 rings (SSSR count). The topological polar surface area (TPSA) is 0 Å². The van der Waals surface area contributed by atoms with Gasteiger partial charge in [0.15, 0.2) is 0 Å². The van der Waals surface area contributed by atoms with Gasteiger partial charge in [0, 0.05) is 5.03 Å². The summed E-state index contributed by atoms with van der Waals surface area (Å²) in [5.41, 5.74) is 0. The van der Waals surface area contributed by atoms with Crippen molar-refractivity contribution in [2.45, 2.75) is 40.0 Å². The molecule has 0 aliphatic carbocycles. The Balaban J connectivity index is 3.13. The minimum absolute atomic E-state index is 0.823. The van der Waals surface area contributed by atoms with E-state index >= 15 is 0 Å². The Morgan fingerprint density at radius 1 is 1.50 bits per heavy atom. The van der Waals surface area contributed by atoms with E-state index in [4.69, 9.17) is 11.6 Å². The summed E-state index contributed by atoms with van der Waals surface area (Å²) in [5.74, 6) is 0.823. The molecule has 0 aliphatic rings. The zero-order chi connectivity index (χ0) is 7.98. The van der Waals surface area contributed by atoms with E-state index in [-0.39, 0.29) is 0 Å². The normalized spacial score (nSPS) is 12.7. The lowest BCUT2D eigenvalue weighted by molar-refractivity contribution is 0.559. The number of hydrogen-bond donors (Lipinski definition) is 0. The van der Waals surface area contributed by atoms with Crippen LogP contribution in [0.2, 0.25) is 0 Å². The molecule has 0 aliphatic heterocycles. The standard InChI is InChI=1S/C9H17Cl/c1-8(2)6-4-5-7-9(3)10/h7-8H,4-6H2,1-3H3/b9-7-. The van der Waals surface area contributed by atoms with E-state index in [0.717, 1.165) is 17.4 Å². The fraction of sp³-hybridized carbons (Fsp3) is 0.778. The first-order chi connectivity index (χ1) is 4.63. The molecular weight excluding hydrogens is 144 g/mol. The first-order valence-electron chi connectivity index (χ1n) is 3.95. The van der Waals surface area contributed by atoms with E-state index in [2.05, 4.69) is 19.9 Å². The maximum Gasteiger partial charge on any atom is 0.0110 e. The summed E-state index contributed by atoms with van der Waals surface area (Å²) in [4.78, 5) is 0. The van der Waals surface area contributed by atoms with Crippen LogP contribution in [0.4, 0.5) is 0 Å². The summed E-state index contributed by atoms with van der Waals surface area (Å²) in [7, 11) is 0. The van der Waals surface area contributed by atoms with Crippen LogP contribution in [0, 0.1) is 5.92 Å². The van der Waals surface area contributed by atoms with Crippen molar-refractivity contribution in [1.82, 2.24) is 0 Å². The van der Waals surface area contributed by atoms with E-state index in [1.807, 2.05) is 6.92 Å². The molecule has 60 valence electrons. The van der Waals surface area contributed by atoms with Crippen molar-refractivity contribution >= 4 is 11.6 Å². The molecule has 0 N–H and O–H groups in total. The van der Waals surface area contributed by atoms with Gasteiger partial charge < -0.3 is 0 Å². The monoisotopic (exact) mass is 160 g/mol. The summed E-state index contributed by atoms with van der Waals surface area (Å²) in [6.45, 7) is 6.42. The van der Waals surface area contributed by atoms with Gasteiger partial charge in [0.05, 0.1) is 0 Å². The van der Waals surface area contributed by atoms with Gasteiger partial charge in [-0.1, -0.05) is 37.9 Å². The Hall–Kier alpha value is 0.0300. The first kappa shape index (κ1) is 10.0. The molecule has 0 aromatic heterocycles. The van der Waals surface area contributed by atoms with Gasteiger partial charge in [0.2, 0.25) is 0 Å². The highest BCUT2D eigenvalue weighted by molar-refractivity contribution is 6.29. The van der Waals surface area contributed by atoms with Crippen LogP contribution in [-0.4, -0.2) is 0 Å². The SMILES string of the molecule is C/C(Cl)=C/CCCC(C)C. The number of halogens is 1. The zero-order valence-corrected chi connectivity index (χ0v) is 7.91. The third-order valence-corrected chi connectivity index (χ3v) is 1.57. The Kier molecular flexibility index (Phi) is 5.81. The molecule has 0 unspecified atom stereocenters. The summed E-state index contributed by atoms with van der Waals surface area (Å²) < 4.78 is 0. The Morgan fingerprint density at radius 3 is 2.50 bits per heavy atom. The van der Waals surface area contributed by atoms with Crippen molar-refractivity contribution in [3.05, 3.63) is 11.1 Å². The molecule has 0 aromatic carbocycles. The average molecular weight is 161 g/mol. The molecule has 0 amide bonds. The molecule has 0 aromatic rings. The Morgan fingerprint density at radius 2 is 2.10 bits per heavy atom. The molecule has 0 spiro atoms. The van der Waals surface area contributed by atoms with Crippen LogP contribution < -0.4 is 0 Å². The van der Waals surface area contributed by atoms with Crippen LogP contribution in [0.1, 0.15) is 40.0 Å². The van der Waals surface area contributed by atoms with Gasteiger partial charge in [-0.2, -0.15) is 0 Å². The van der Waals surface area contributed by atoms with E-state index in [1.54, 1.807) is 0 Å². The van der Waals surface area contributed by atoms with Crippen molar-refractivity contribution < 1.29 is 0 Å². The predicted octanol–water partition coefficient (Wildman–Crippen LogP) is 3.96. The lowest BCUT2D eigenvalue weighted by atomic mass is 10.1. The number of allylic oxidation sites excluding steroid dienone is 2. The largest absolute Gasteiger partial charge is 0.0898 e. The molecule has 0 nitrogen and oxygen atoms in total. The minimum Gasteiger partial charge on any atom is -0.0898 e. The molecule has 0 saturated heterocycles. The second kappa shape index (κ2) is 5.79. The summed E-state index contributed by atoms with van der Waals surface area (Å²) in [6, 6.07) is 0. The number of rotatable bonds is 4. The molecule has 10 heavy (non-hydrogen) atoms. The molecule has 0 heterocycles. The molecular formula is C9H17Cl. The van der Waals surface area contributed by atoms with Crippen molar-refractivity contribution in [3.63, 3.8) is 0 Å². The van der Waals surface area contributed by atoms with Crippen molar-refractivity contribution in [2.24, 2.45) is 5.92 Å². The van der Waals surface area contributed by atoms with Crippen molar-refractivity contribution in [1.29, 1.82) is 0 Å². The second-order valence-corrected chi connectivity index (χ2v) is 3.71. The van der Waals surface area contributed by atoms with Gasteiger partial charge >= 0.3 is 0 Å². The molecule has 0 atom stereocenters. The molecule has 0 radical (unpaired) electrons. The maximum absolute atomic E-state index is 5.65. The molecule has 0 fully saturated rings. The molecule has 0 bridgehead atoms. The molecule has 0 saturated carbocycles. The van der Waals surface area contributed by atoms with E-state index in [1.165, 1.54) is 12.8 Å². The van der Waals surface area contributed by atoms with Crippen LogP contribution >= 0.6 is 11.6 Å². The second-order valence-electron chi connectivity index (χ2n) is 3.12. The van der Waals surface area contributed by atoms with Gasteiger partial charge in [-0.05, 0) is 25.7 Å². The van der Waals surface area contributed by atoms with Crippen molar-refractivity contribution in [2.75, 3.05) is 0 Å². The van der Waals surface area contributed by atoms with Crippen molar-refractivity contribution in [3.8, 4) is 0 Å². The Bertz CT molecular complexity index is 99.3. The van der Waals surface area contributed by atoms with Crippen LogP contribution in [0.3, 0.4) is 0 Å². The smallest absolute Gasteiger partial charge is 0.0110 e.